The summed E-state index contributed by atoms with van der Waals surface area (Å²) in [6, 6.07) is 10.3. The lowest BCUT2D eigenvalue weighted by molar-refractivity contribution is -0.155. The molecule has 0 aliphatic carbocycles. The van der Waals surface area contributed by atoms with Crippen LogP contribution >= 0.6 is 0 Å². The summed E-state index contributed by atoms with van der Waals surface area (Å²) >= 11 is 0. The molecule has 2 nitrogen and oxygen atoms in total. The highest BCUT2D eigenvalue weighted by Crippen LogP contribution is 2.28. The Morgan fingerprint density at radius 1 is 0.690 bits per heavy atom. The molecule has 2 heteroatoms. The summed E-state index contributed by atoms with van der Waals surface area (Å²) in [7, 11) is 0. The van der Waals surface area contributed by atoms with Gasteiger partial charge in [-0.15, -0.1) is 0 Å². The monoisotopic (exact) mass is 402 g/mol. The quantitative estimate of drug-likeness (QED) is 0.181. The number of hydrogen-bond acceptors (Lipinski definition) is 2. The lowest BCUT2D eigenvalue weighted by atomic mass is 9.94. The highest BCUT2D eigenvalue weighted by molar-refractivity contribution is 5.72. The van der Waals surface area contributed by atoms with Gasteiger partial charge in [-0.25, -0.2) is 0 Å². The maximum Gasteiger partial charge on any atom is 0.309 e. The number of hydrogen-bond donors (Lipinski definition) is 0. The Labute approximate surface area is 180 Å². The van der Waals surface area contributed by atoms with Gasteiger partial charge in [0.25, 0.3) is 0 Å². The topological polar surface area (TPSA) is 26.3 Å². The molecular weight excluding hydrogens is 356 g/mol. The van der Waals surface area contributed by atoms with Crippen LogP contribution in [0.4, 0.5) is 0 Å². The van der Waals surface area contributed by atoms with Gasteiger partial charge in [0.05, 0.1) is 5.92 Å². The first kappa shape index (κ1) is 25.7. The fourth-order valence-corrected chi connectivity index (χ4v) is 3.96. The van der Waals surface area contributed by atoms with Gasteiger partial charge in [-0.1, -0.05) is 122 Å². The number of rotatable bonds is 18. The molecule has 0 saturated carbocycles. The van der Waals surface area contributed by atoms with Crippen LogP contribution in [-0.4, -0.2) is 5.97 Å². The van der Waals surface area contributed by atoms with Gasteiger partial charge in [0.2, 0.25) is 0 Å². The zero-order chi connectivity index (χ0) is 21.2. The fourth-order valence-electron chi connectivity index (χ4n) is 3.96. The fraction of sp³-hybridized carbons (Fsp3) is 0.741. The second-order valence-corrected chi connectivity index (χ2v) is 8.58. The van der Waals surface area contributed by atoms with E-state index in [-0.39, 0.29) is 18.0 Å². The smallest absolute Gasteiger partial charge is 0.309 e. The minimum absolute atomic E-state index is 0.0417. The Morgan fingerprint density at radius 2 is 1.21 bits per heavy atom. The predicted octanol–water partition coefficient (Wildman–Crippen LogP) is 8.80. The van der Waals surface area contributed by atoms with E-state index >= 15 is 0 Å². The zero-order valence-corrected chi connectivity index (χ0v) is 19.5. The van der Waals surface area contributed by atoms with Gasteiger partial charge in [0, 0.05) is 0 Å². The second kappa shape index (κ2) is 17.5. The predicted molar refractivity (Wildman–Crippen MR) is 125 cm³/mol. The molecule has 0 fully saturated rings. The molecule has 0 radical (unpaired) electrons. The lowest BCUT2D eigenvalue weighted by Crippen LogP contribution is -2.21. The van der Waals surface area contributed by atoms with Gasteiger partial charge in [0.15, 0.2) is 0 Å². The number of carbonyl (C=O) groups excluding carboxylic acids is 1. The SMILES string of the molecule is CCCCCCCCC(CCCCCC)C(=O)OC(CCCC)c1ccccc1. The largest absolute Gasteiger partial charge is 0.457 e. The summed E-state index contributed by atoms with van der Waals surface area (Å²) in [6.45, 7) is 6.68. The van der Waals surface area contributed by atoms with Crippen LogP contribution in [0.3, 0.4) is 0 Å². The molecule has 0 amide bonds. The molecule has 0 aliphatic rings. The summed E-state index contributed by atoms with van der Waals surface area (Å²) in [4.78, 5) is 13.1. The van der Waals surface area contributed by atoms with Crippen molar-refractivity contribution in [2.24, 2.45) is 5.92 Å². The Hall–Kier alpha value is -1.31. The average molecular weight is 403 g/mol. The molecule has 0 N–H and O–H groups in total. The third-order valence-electron chi connectivity index (χ3n) is 5.90. The molecule has 0 aliphatic heterocycles. The van der Waals surface area contributed by atoms with Crippen molar-refractivity contribution in [2.75, 3.05) is 0 Å². The van der Waals surface area contributed by atoms with Crippen LogP contribution < -0.4 is 0 Å². The van der Waals surface area contributed by atoms with E-state index in [1.54, 1.807) is 0 Å². The number of ether oxygens (including phenoxy) is 1. The van der Waals surface area contributed by atoms with Crippen molar-refractivity contribution < 1.29 is 9.53 Å². The lowest BCUT2D eigenvalue weighted by Gasteiger charge is -2.22. The van der Waals surface area contributed by atoms with Crippen molar-refractivity contribution in [2.45, 2.75) is 123 Å². The van der Waals surface area contributed by atoms with E-state index in [0.717, 1.165) is 50.5 Å². The van der Waals surface area contributed by atoms with Gasteiger partial charge in [-0.3, -0.25) is 4.79 Å². The van der Waals surface area contributed by atoms with Crippen LogP contribution in [-0.2, 0) is 9.53 Å². The molecule has 0 aromatic heterocycles. The second-order valence-electron chi connectivity index (χ2n) is 8.58. The highest BCUT2D eigenvalue weighted by atomic mass is 16.5. The molecule has 0 bridgehead atoms. The van der Waals surface area contributed by atoms with Crippen molar-refractivity contribution in [3.8, 4) is 0 Å². The van der Waals surface area contributed by atoms with E-state index in [0.29, 0.717) is 0 Å². The maximum atomic E-state index is 13.1. The molecule has 29 heavy (non-hydrogen) atoms. The number of unbranched alkanes of at least 4 members (excludes halogenated alkanes) is 9. The number of esters is 1. The Kier molecular flexibility index (Phi) is 15.6. The zero-order valence-electron chi connectivity index (χ0n) is 19.5. The Bertz CT molecular complexity index is 497. The Balaban J connectivity index is 2.62. The molecule has 1 aromatic carbocycles. The van der Waals surface area contributed by atoms with Crippen LogP contribution in [0.5, 0.6) is 0 Å². The number of benzene rings is 1. The average Bonchev–Trinajstić information content (AvgIpc) is 2.75. The summed E-state index contributed by atoms with van der Waals surface area (Å²) in [6.07, 6.45) is 17.6. The third-order valence-corrected chi connectivity index (χ3v) is 5.90. The van der Waals surface area contributed by atoms with Crippen LogP contribution in [0.25, 0.3) is 0 Å². The first-order chi connectivity index (χ1) is 14.2. The summed E-state index contributed by atoms with van der Waals surface area (Å²) < 4.78 is 6.11. The standard InChI is InChI=1S/C27H46O2/c1-4-7-10-12-13-16-22-25(21-15-11-8-5-2)27(28)29-26(23-9-6-3)24-19-17-14-18-20-24/h14,17-20,25-26H,4-13,15-16,21-23H2,1-3H3. The molecule has 2 unspecified atom stereocenters. The highest BCUT2D eigenvalue weighted by Gasteiger charge is 2.23. The molecule has 0 spiro atoms. The number of carbonyl (C=O) groups is 1. The summed E-state index contributed by atoms with van der Waals surface area (Å²) in [5.74, 6) is 0.117. The first-order valence-corrected chi connectivity index (χ1v) is 12.5. The van der Waals surface area contributed by atoms with Crippen molar-refractivity contribution in [1.29, 1.82) is 0 Å². The van der Waals surface area contributed by atoms with E-state index in [9.17, 15) is 4.79 Å². The van der Waals surface area contributed by atoms with E-state index in [2.05, 4.69) is 32.9 Å². The van der Waals surface area contributed by atoms with Gasteiger partial charge in [0.1, 0.15) is 6.10 Å². The van der Waals surface area contributed by atoms with Gasteiger partial charge < -0.3 is 4.74 Å². The van der Waals surface area contributed by atoms with Gasteiger partial charge in [-0.2, -0.15) is 0 Å². The summed E-state index contributed by atoms with van der Waals surface area (Å²) in [5.41, 5.74) is 1.14. The molecule has 0 heterocycles. The van der Waals surface area contributed by atoms with Crippen LogP contribution in [0.2, 0.25) is 0 Å². The van der Waals surface area contributed by atoms with Crippen molar-refractivity contribution in [1.82, 2.24) is 0 Å². The van der Waals surface area contributed by atoms with Crippen molar-refractivity contribution in [3.05, 3.63) is 35.9 Å². The van der Waals surface area contributed by atoms with Gasteiger partial charge >= 0.3 is 5.97 Å². The minimum Gasteiger partial charge on any atom is -0.457 e. The van der Waals surface area contributed by atoms with E-state index in [1.165, 1.54) is 51.4 Å². The third kappa shape index (κ3) is 12.1. The van der Waals surface area contributed by atoms with Crippen LogP contribution in [0, 0.1) is 5.92 Å². The normalized spacial score (nSPS) is 13.2. The van der Waals surface area contributed by atoms with E-state index in [1.807, 2.05) is 18.2 Å². The van der Waals surface area contributed by atoms with Crippen molar-refractivity contribution in [3.63, 3.8) is 0 Å². The van der Waals surface area contributed by atoms with E-state index in [4.69, 9.17) is 4.74 Å². The molecule has 0 saturated heterocycles. The Morgan fingerprint density at radius 3 is 1.79 bits per heavy atom. The maximum absolute atomic E-state index is 13.1. The molecule has 1 rings (SSSR count). The molecule has 1 aromatic rings. The van der Waals surface area contributed by atoms with Crippen LogP contribution in [0.1, 0.15) is 129 Å². The molecule has 2 atom stereocenters. The molecular formula is C27H46O2. The van der Waals surface area contributed by atoms with Crippen molar-refractivity contribution >= 4 is 5.97 Å². The minimum atomic E-state index is -0.0913. The molecule has 166 valence electrons. The van der Waals surface area contributed by atoms with Gasteiger partial charge in [-0.05, 0) is 31.2 Å². The first-order valence-electron chi connectivity index (χ1n) is 12.5. The summed E-state index contributed by atoms with van der Waals surface area (Å²) in [5, 5.41) is 0. The van der Waals surface area contributed by atoms with Crippen LogP contribution in [0.15, 0.2) is 30.3 Å². The van der Waals surface area contributed by atoms with E-state index < -0.39 is 0 Å².